The van der Waals surface area contributed by atoms with Gasteiger partial charge in [-0.05, 0) is 62.1 Å². The second kappa shape index (κ2) is 9.22. The fourth-order valence-corrected chi connectivity index (χ4v) is 4.44. The topological polar surface area (TPSA) is 42.3 Å². The Balaban J connectivity index is 1.26. The second-order valence-corrected chi connectivity index (χ2v) is 8.85. The van der Waals surface area contributed by atoms with Crippen molar-refractivity contribution in [1.29, 1.82) is 0 Å². The molecule has 6 heteroatoms. The van der Waals surface area contributed by atoms with E-state index in [0.717, 1.165) is 50.9 Å². The minimum Gasteiger partial charge on any atom is -0.504 e. The zero-order chi connectivity index (χ0) is 21.9. The van der Waals surface area contributed by atoms with E-state index in [-0.39, 0.29) is 5.75 Å². The van der Waals surface area contributed by atoms with Crippen LogP contribution in [0.3, 0.4) is 0 Å². The van der Waals surface area contributed by atoms with Crippen LogP contribution in [0.4, 0.5) is 10.1 Å². The lowest BCUT2D eigenvalue weighted by Crippen LogP contribution is -2.45. The van der Waals surface area contributed by atoms with Crippen molar-refractivity contribution in [3.63, 3.8) is 0 Å². The van der Waals surface area contributed by atoms with Gasteiger partial charge in [-0.15, -0.1) is 0 Å². The largest absolute Gasteiger partial charge is 0.504 e. The van der Waals surface area contributed by atoms with E-state index in [0.29, 0.717) is 11.1 Å². The predicted molar refractivity (Wildman–Crippen MR) is 126 cm³/mol. The van der Waals surface area contributed by atoms with Gasteiger partial charge in [-0.2, -0.15) is 5.10 Å². The van der Waals surface area contributed by atoms with Crippen molar-refractivity contribution < 1.29 is 9.50 Å². The summed E-state index contributed by atoms with van der Waals surface area (Å²) in [4.78, 5) is 4.89. The predicted octanol–water partition coefficient (Wildman–Crippen LogP) is 3.65. The lowest BCUT2D eigenvalue weighted by atomic mass is 10.1. The Labute approximate surface area is 189 Å². The van der Waals surface area contributed by atoms with Crippen molar-refractivity contribution in [3.8, 4) is 17.6 Å². The summed E-state index contributed by atoms with van der Waals surface area (Å²) in [6.07, 6.45) is 6.66. The van der Waals surface area contributed by atoms with Crippen LogP contribution in [0.2, 0.25) is 0 Å². The van der Waals surface area contributed by atoms with Crippen molar-refractivity contribution in [3.05, 3.63) is 58.9 Å². The van der Waals surface area contributed by atoms with Crippen molar-refractivity contribution >= 4 is 11.9 Å². The van der Waals surface area contributed by atoms with Crippen molar-refractivity contribution in [2.45, 2.75) is 31.7 Å². The van der Waals surface area contributed by atoms with E-state index in [2.05, 4.69) is 38.9 Å². The molecule has 2 heterocycles. The summed E-state index contributed by atoms with van der Waals surface area (Å²) < 4.78 is 14.3. The molecule has 2 aromatic rings. The Bertz CT molecular complexity index is 1040. The molecule has 1 aliphatic carbocycles. The summed E-state index contributed by atoms with van der Waals surface area (Å²) >= 11 is 0. The maximum Gasteiger partial charge on any atom is 0.166 e. The maximum absolute atomic E-state index is 14.3. The van der Waals surface area contributed by atoms with Gasteiger partial charge in [0.2, 0.25) is 0 Å². The minimum absolute atomic E-state index is 0.350. The molecule has 0 amide bonds. The molecule has 32 heavy (non-hydrogen) atoms. The van der Waals surface area contributed by atoms with Crippen LogP contribution in [0.25, 0.3) is 0 Å². The quantitative estimate of drug-likeness (QED) is 0.592. The van der Waals surface area contributed by atoms with Gasteiger partial charge in [0.05, 0.1) is 6.21 Å². The van der Waals surface area contributed by atoms with Gasteiger partial charge in [-0.25, -0.2) is 4.39 Å². The molecule has 0 radical (unpaired) electrons. The molecule has 0 bridgehead atoms. The summed E-state index contributed by atoms with van der Waals surface area (Å²) in [6, 6.07) is 11.9. The van der Waals surface area contributed by atoms with E-state index >= 15 is 0 Å². The molecular weight excluding hydrogens is 403 g/mol. The molecule has 5 rings (SSSR count). The van der Waals surface area contributed by atoms with Gasteiger partial charge < -0.3 is 10.0 Å². The van der Waals surface area contributed by atoms with Gasteiger partial charge in [0, 0.05) is 67.7 Å². The normalized spacial score (nSPS) is 19.4. The highest BCUT2D eigenvalue weighted by Gasteiger charge is 2.30. The highest BCUT2D eigenvalue weighted by molar-refractivity contribution is 5.84. The molecule has 2 saturated heterocycles. The molecule has 3 aliphatic rings. The molecule has 2 aliphatic heterocycles. The molecule has 0 spiro atoms. The monoisotopic (exact) mass is 432 g/mol. The van der Waals surface area contributed by atoms with Crippen LogP contribution in [0, 0.1) is 17.7 Å². The van der Waals surface area contributed by atoms with Crippen LogP contribution in [0.15, 0.2) is 41.5 Å². The number of halogens is 1. The third-order valence-electron chi connectivity index (χ3n) is 6.50. The maximum atomic E-state index is 14.3. The summed E-state index contributed by atoms with van der Waals surface area (Å²) in [5.41, 5.74) is 2.97. The molecule has 1 saturated carbocycles. The van der Waals surface area contributed by atoms with Crippen LogP contribution in [0.1, 0.15) is 42.4 Å². The van der Waals surface area contributed by atoms with E-state index in [1.165, 1.54) is 37.4 Å². The number of phenols is 1. The summed E-state index contributed by atoms with van der Waals surface area (Å²) in [6.45, 7) is 5.93. The second-order valence-electron chi connectivity index (χ2n) is 8.85. The highest BCUT2D eigenvalue weighted by Crippen LogP contribution is 2.27. The fraction of sp³-hybridized carbons (Fsp3) is 0.423. The first-order chi connectivity index (χ1) is 15.7. The first-order valence-corrected chi connectivity index (χ1v) is 11.6. The standard InChI is InChI=1S/C26H29FN4O/c27-25-18-21(4-3-20-5-7-23(8-6-20)29-11-1-2-12-29)17-22(26(25)32)19-28-31-15-13-30(14-16-31)24-9-10-24/h5-8,17-19,24,32H,1-2,9-16H2. The first kappa shape index (κ1) is 20.8. The third-order valence-corrected chi connectivity index (χ3v) is 6.50. The summed E-state index contributed by atoms with van der Waals surface area (Å²) in [5.74, 6) is 5.06. The number of hydrazone groups is 1. The molecule has 0 aromatic heterocycles. The highest BCUT2D eigenvalue weighted by atomic mass is 19.1. The van der Waals surface area contributed by atoms with Crippen LogP contribution in [-0.2, 0) is 0 Å². The van der Waals surface area contributed by atoms with E-state index in [9.17, 15) is 9.50 Å². The number of nitrogens with zero attached hydrogens (tertiary/aromatic N) is 4. The minimum atomic E-state index is -0.679. The van der Waals surface area contributed by atoms with Crippen LogP contribution >= 0.6 is 0 Å². The number of rotatable bonds is 4. The Morgan fingerprint density at radius 1 is 0.906 bits per heavy atom. The average molecular weight is 433 g/mol. The SMILES string of the molecule is Oc1c(F)cc(C#Cc2ccc(N3CCCC3)cc2)cc1C=NN1CCN(C2CC2)CC1. The van der Waals surface area contributed by atoms with Gasteiger partial charge >= 0.3 is 0 Å². The van der Waals surface area contributed by atoms with Crippen molar-refractivity contribution in [2.75, 3.05) is 44.2 Å². The number of hydrogen-bond donors (Lipinski definition) is 1. The molecular formula is C26H29FN4O. The fourth-order valence-electron chi connectivity index (χ4n) is 4.44. The lowest BCUT2D eigenvalue weighted by molar-refractivity contribution is 0.130. The zero-order valence-electron chi connectivity index (χ0n) is 18.3. The number of hydrogen-bond acceptors (Lipinski definition) is 5. The number of phenolic OH excluding ortho intramolecular Hbond substituents is 1. The van der Waals surface area contributed by atoms with Gasteiger partial charge in [-0.1, -0.05) is 11.8 Å². The molecule has 0 atom stereocenters. The number of piperazine rings is 1. The summed E-state index contributed by atoms with van der Waals surface area (Å²) in [5, 5.41) is 16.6. The molecule has 2 aromatic carbocycles. The third kappa shape index (κ3) is 4.89. The molecule has 5 nitrogen and oxygen atoms in total. The van der Waals surface area contributed by atoms with Gasteiger partial charge in [0.1, 0.15) is 0 Å². The molecule has 1 N–H and O–H groups in total. The number of benzene rings is 2. The Morgan fingerprint density at radius 3 is 2.28 bits per heavy atom. The molecule has 3 fully saturated rings. The van der Waals surface area contributed by atoms with Crippen LogP contribution in [-0.4, -0.2) is 66.5 Å². The van der Waals surface area contributed by atoms with E-state index in [1.54, 1.807) is 12.3 Å². The van der Waals surface area contributed by atoms with Gasteiger partial charge in [-0.3, -0.25) is 9.91 Å². The Morgan fingerprint density at radius 2 is 1.59 bits per heavy atom. The van der Waals surface area contributed by atoms with Crippen LogP contribution < -0.4 is 4.90 Å². The van der Waals surface area contributed by atoms with Gasteiger partial charge in [0.25, 0.3) is 0 Å². The lowest BCUT2D eigenvalue weighted by Gasteiger charge is -2.33. The number of aromatic hydroxyl groups is 1. The van der Waals surface area contributed by atoms with E-state index in [4.69, 9.17) is 0 Å². The zero-order valence-corrected chi connectivity index (χ0v) is 18.3. The summed E-state index contributed by atoms with van der Waals surface area (Å²) in [7, 11) is 0. The van der Waals surface area contributed by atoms with Gasteiger partial charge in [0.15, 0.2) is 11.6 Å². The Hall–Kier alpha value is -3.04. The Kier molecular flexibility index (Phi) is 6.00. The van der Waals surface area contributed by atoms with Crippen LogP contribution in [0.5, 0.6) is 5.75 Å². The molecule has 166 valence electrons. The van der Waals surface area contributed by atoms with Crippen molar-refractivity contribution in [2.24, 2.45) is 5.10 Å². The van der Waals surface area contributed by atoms with Crippen molar-refractivity contribution in [1.82, 2.24) is 9.91 Å². The van der Waals surface area contributed by atoms with E-state index < -0.39 is 5.82 Å². The first-order valence-electron chi connectivity index (χ1n) is 11.6. The smallest absolute Gasteiger partial charge is 0.166 e. The molecule has 0 unspecified atom stereocenters. The average Bonchev–Trinajstić information content (AvgIpc) is 3.53. The number of anilines is 1. The van der Waals surface area contributed by atoms with E-state index in [1.807, 2.05) is 17.1 Å².